The number of ether oxygens (including phenoxy) is 1. The van der Waals surface area contributed by atoms with Crippen molar-refractivity contribution in [1.82, 2.24) is 25.6 Å². The molecule has 0 spiro atoms. The summed E-state index contributed by atoms with van der Waals surface area (Å²) < 4.78 is 6.19. The molecule has 0 aliphatic rings. The Morgan fingerprint density at radius 2 is 2.00 bits per heavy atom. The molecule has 21 heavy (non-hydrogen) atoms. The maximum Gasteiger partial charge on any atom is 0.360 e. The van der Waals surface area contributed by atoms with Crippen LogP contribution in [-0.4, -0.2) is 46.6 Å². The van der Waals surface area contributed by atoms with Gasteiger partial charge in [-0.1, -0.05) is 19.1 Å². The quantitative estimate of drug-likeness (QED) is 0.741. The molecule has 1 rings (SSSR count). The number of rotatable bonds is 5. The number of urea groups is 1. The fourth-order valence-electron chi connectivity index (χ4n) is 1.72. The average molecular weight is 297 g/mol. The van der Waals surface area contributed by atoms with E-state index >= 15 is 0 Å². The van der Waals surface area contributed by atoms with E-state index in [0.29, 0.717) is 5.69 Å². The molecule has 9 heteroatoms. The van der Waals surface area contributed by atoms with Crippen molar-refractivity contribution in [3.8, 4) is 0 Å². The van der Waals surface area contributed by atoms with Crippen molar-refractivity contribution in [2.24, 2.45) is 0 Å². The SMILES string of the molecule is CCOC(=O)c1nnn(CC(=O)NC(=O)NC)c1C(C)C. The molecule has 0 saturated heterocycles. The highest BCUT2D eigenvalue weighted by molar-refractivity contribution is 5.94. The molecule has 1 heterocycles. The van der Waals surface area contributed by atoms with Crippen molar-refractivity contribution in [2.45, 2.75) is 33.2 Å². The van der Waals surface area contributed by atoms with Gasteiger partial charge in [0.2, 0.25) is 5.91 Å². The van der Waals surface area contributed by atoms with E-state index in [4.69, 9.17) is 4.74 Å². The monoisotopic (exact) mass is 297 g/mol. The Morgan fingerprint density at radius 1 is 1.33 bits per heavy atom. The highest BCUT2D eigenvalue weighted by atomic mass is 16.5. The lowest BCUT2D eigenvalue weighted by molar-refractivity contribution is -0.120. The number of hydrogen-bond donors (Lipinski definition) is 2. The van der Waals surface area contributed by atoms with Crippen molar-refractivity contribution in [2.75, 3.05) is 13.7 Å². The Morgan fingerprint density at radius 3 is 2.52 bits per heavy atom. The van der Waals surface area contributed by atoms with Crippen LogP contribution in [0.3, 0.4) is 0 Å². The van der Waals surface area contributed by atoms with Gasteiger partial charge in [-0.05, 0) is 12.8 Å². The Labute approximate surface area is 122 Å². The maximum atomic E-state index is 11.8. The molecular weight excluding hydrogens is 278 g/mol. The summed E-state index contributed by atoms with van der Waals surface area (Å²) in [5.74, 6) is -1.23. The van der Waals surface area contributed by atoms with Gasteiger partial charge in [-0.2, -0.15) is 0 Å². The van der Waals surface area contributed by atoms with E-state index in [2.05, 4.69) is 20.9 Å². The van der Waals surface area contributed by atoms with Gasteiger partial charge in [0.1, 0.15) is 6.54 Å². The van der Waals surface area contributed by atoms with Gasteiger partial charge >= 0.3 is 12.0 Å². The van der Waals surface area contributed by atoms with Crippen molar-refractivity contribution < 1.29 is 19.1 Å². The molecular formula is C12H19N5O4. The third-order valence-electron chi connectivity index (χ3n) is 2.56. The molecule has 9 nitrogen and oxygen atoms in total. The summed E-state index contributed by atoms with van der Waals surface area (Å²) in [5, 5.41) is 11.9. The minimum atomic E-state index is -0.614. The van der Waals surface area contributed by atoms with E-state index in [1.54, 1.807) is 6.92 Å². The zero-order valence-electron chi connectivity index (χ0n) is 12.5. The average Bonchev–Trinajstić information content (AvgIpc) is 2.82. The lowest BCUT2D eigenvalue weighted by Gasteiger charge is -2.10. The number of hydrogen-bond acceptors (Lipinski definition) is 6. The molecule has 1 aromatic heterocycles. The van der Waals surface area contributed by atoms with E-state index in [-0.39, 0.29) is 24.8 Å². The predicted molar refractivity (Wildman–Crippen MR) is 72.7 cm³/mol. The van der Waals surface area contributed by atoms with Crippen LogP contribution in [-0.2, 0) is 16.1 Å². The van der Waals surface area contributed by atoms with Crippen LogP contribution in [0.1, 0.15) is 42.9 Å². The van der Waals surface area contributed by atoms with Crippen LogP contribution in [0.15, 0.2) is 0 Å². The van der Waals surface area contributed by atoms with Crippen LogP contribution >= 0.6 is 0 Å². The first-order valence-corrected chi connectivity index (χ1v) is 6.52. The Bertz CT molecular complexity index is 538. The topological polar surface area (TPSA) is 115 Å². The molecule has 2 N–H and O–H groups in total. The van der Waals surface area contributed by atoms with Gasteiger partial charge in [-0.25, -0.2) is 14.3 Å². The minimum Gasteiger partial charge on any atom is -0.461 e. The van der Waals surface area contributed by atoms with Gasteiger partial charge in [0.15, 0.2) is 5.69 Å². The van der Waals surface area contributed by atoms with E-state index in [1.807, 2.05) is 13.8 Å². The second kappa shape index (κ2) is 7.36. The van der Waals surface area contributed by atoms with Crippen LogP contribution in [0.2, 0.25) is 0 Å². The minimum absolute atomic E-state index is 0.0830. The summed E-state index contributed by atoms with van der Waals surface area (Å²) >= 11 is 0. The first-order valence-electron chi connectivity index (χ1n) is 6.52. The summed E-state index contributed by atoms with van der Waals surface area (Å²) in [6.07, 6.45) is 0. The van der Waals surface area contributed by atoms with Crippen LogP contribution < -0.4 is 10.6 Å². The molecule has 1 aromatic rings. The van der Waals surface area contributed by atoms with Crippen LogP contribution in [0.5, 0.6) is 0 Å². The molecule has 0 radical (unpaired) electrons. The van der Waals surface area contributed by atoms with Crippen molar-refractivity contribution in [3.63, 3.8) is 0 Å². The zero-order chi connectivity index (χ0) is 16.0. The number of carbonyl (C=O) groups is 3. The van der Waals surface area contributed by atoms with Crippen molar-refractivity contribution in [3.05, 3.63) is 11.4 Å². The molecule has 0 aromatic carbocycles. The predicted octanol–water partition coefficient (Wildman–Crippen LogP) is 0.0338. The molecule has 3 amide bonds. The second-order valence-electron chi connectivity index (χ2n) is 4.48. The normalized spacial score (nSPS) is 10.3. The maximum absolute atomic E-state index is 11.8. The molecule has 0 aliphatic carbocycles. The van der Waals surface area contributed by atoms with Gasteiger partial charge in [-0.15, -0.1) is 5.10 Å². The zero-order valence-corrected chi connectivity index (χ0v) is 12.5. The van der Waals surface area contributed by atoms with E-state index < -0.39 is 17.9 Å². The lowest BCUT2D eigenvalue weighted by atomic mass is 10.1. The summed E-state index contributed by atoms with van der Waals surface area (Å²) in [4.78, 5) is 34.5. The number of nitrogens with one attached hydrogen (secondary N) is 2. The number of aromatic nitrogens is 3. The van der Waals surface area contributed by atoms with Gasteiger partial charge in [0.05, 0.1) is 12.3 Å². The Balaban J connectivity index is 2.95. The summed E-state index contributed by atoms with van der Waals surface area (Å²) in [7, 11) is 1.40. The van der Waals surface area contributed by atoms with Crippen LogP contribution in [0, 0.1) is 0 Å². The van der Waals surface area contributed by atoms with Crippen molar-refractivity contribution in [1.29, 1.82) is 0 Å². The number of nitrogens with zero attached hydrogens (tertiary/aromatic N) is 3. The fourth-order valence-corrected chi connectivity index (χ4v) is 1.72. The Kier molecular flexibility index (Phi) is 5.82. The number of imide groups is 1. The first kappa shape index (κ1) is 16.6. The fraction of sp³-hybridized carbons (Fsp3) is 0.583. The van der Waals surface area contributed by atoms with E-state index in [1.165, 1.54) is 11.7 Å². The molecule has 0 aliphatic heterocycles. The lowest BCUT2D eigenvalue weighted by Crippen LogP contribution is -2.39. The van der Waals surface area contributed by atoms with Crippen LogP contribution in [0.4, 0.5) is 4.79 Å². The summed E-state index contributed by atoms with van der Waals surface area (Å²) in [6, 6.07) is -0.614. The van der Waals surface area contributed by atoms with Crippen LogP contribution in [0.25, 0.3) is 0 Å². The smallest absolute Gasteiger partial charge is 0.360 e. The van der Waals surface area contributed by atoms with E-state index in [0.717, 1.165) is 0 Å². The molecule has 0 atom stereocenters. The number of carbonyl (C=O) groups excluding carboxylic acids is 3. The summed E-state index contributed by atoms with van der Waals surface area (Å²) in [6.45, 7) is 5.38. The van der Waals surface area contributed by atoms with Gasteiger partial charge < -0.3 is 10.1 Å². The molecule has 0 bridgehead atoms. The van der Waals surface area contributed by atoms with Crippen molar-refractivity contribution >= 4 is 17.9 Å². The third kappa shape index (κ3) is 4.26. The Hall–Kier alpha value is -2.45. The highest BCUT2D eigenvalue weighted by Crippen LogP contribution is 2.18. The standard InChI is InChI=1S/C12H19N5O4/c1-5-21-11(19)9-10(7(2)3)17(16-15-9)6-8(18)14-12(20)13-4/h7H,5-6H2,1-4H3,(H2,13,14,18,20). The van der Waals surface area contributed by atoms with Gasteiger partial charge in [-0.3, -0.25) is 10.1 Å². The molecule has 0 unspecified atom stereocenters. The number of esters is 1. The second-order valence-corrected chi connectivity index (χ2v) is 4.48. The highest BCUT2D eigenvalue weighted by Gasteiger charge is 2.24. The van der Waals surface area contributed by atoms with Gasteiger partial charge in [0.25, 0.3) is 0 Å². The first-order chi connectivity index (χ1) is 9.90. The van der Waals surface area contributed by atoms with Gasteiger partial charge in [0, 0.05) is 7.05 Å². The molecule has 116 valence electrons. The van der Waals surface area contributed by atoms with E-state index in [9.17, 15) is 14.4 Å². The molecule has 0 fully saturated rings. The number of amides is 3. The summed E-state index contributed by atoms with van der Waals surface area (Å²) in [5.41, 5.74) is 0.570. The molecule has 0 saturated carbocycles. The third-order valence-corrected chi connectivity index (χ3v) is 2.56. The largest absolute Gasteiger partial charge is 0.461 e.